The minimum Gasteiger partial charge on any atom is -0.490 e. The Morgan fingerprint density at radius 3 is 2.47 bits per heavy atom. The molecule has 0 saturated heterocycles. The third-order valence-electron chi connectivity index (χ3n) is 5.54. The molecule has 0 atom stereocenters. The second-order valence-electron chi connectivity index (χ2n) is 8.05. The van der Waals surface area contributed by atoms with Gasteiger partial charge in [0.25, 0.3) is 5.91 Å². The van der Waals surface area contributed by atoms with Crippen molar-refractivity contribution in [3.8, 4) is 28.4 Å². The van der Waals surface area contributed by atoms with E-state index in [2.05, 4.69) is 52.9 Å². The van der Waals surface area contributed by atoms with E-state index < -0.39 is 0 Å². The van der Waals surface area contributed by atoms with Gasteiger partial charge in [-0.05, 0) is 79.6 Å². The molecule has 36 heavy (non-hydrogen) atoms. The van der Waals surface area contributed by atoms with E-state index in [1.807, 2.05) is 55.5 Å². The molecule has 0 aliphatic rings. The lowest BCUT2D eigenvalue weighted by atomic mass is 10.1. The van der Waals surface area contributed by atoms with Crippen molar-refractivity contribution < 1.29 is 14.3 Å². The number of benzene rings is 3. The van der Waals surface area contributed by atoms with Crippen molar-refractivity contribution in [2.75, 3.05) is 13.2 Å². The first-order valence-electron chi connectivity index (χ1n) is 11.8. The SMILES string of the molecule is C=CCOc1ccc(/C=N/NC(=O)c2ccc(-n3c(C)ccc3-c3ccccc3)cc2)cc1OCC. The fourth-order valence-corrected chi connectivity index (χ4v) is 3.85. The van der Waals surface area contributed by atoms with Gasteiger partial charge >= 0.3 is 0 Å². The lowest BCUT2D eigenvalue weighted by molar-refractivity contribution is 0.0955. The minimum atomic E-state index is -0.290. The van der Waals surface area contributed by atoms with Crippen LogP contribution in [0.1, 0.15) is 28.5 Å². The van der Waals surface area contributed by atoms with E-state index in [0.717, 1.165) is 28.2 Å². The molecule has 0 radical (unpaired) electrons. The predicted octanol–water partition coefficient (Wildman–Crippen LogP) is 6.18. The van der Waals surface area contributed by atoms with Gasteiger partial charge in [0, 0.05) is 16.9 Å². The third kappa shape index (κ3) is 5.73. The predicted molar refractivity (Wildman–Crippen MR) is 144 cm³/mol. The summed E-state index contributed by atoms with van der Waals surface area (Å²) in [7, 11) is 0. The van der Waals surface area contributed by atoms with Crippen LogP contribution in [-0.4, -0.2) is 29.9 Å². The summed E-state index contributed by atoms with van der Waals surface area (Å²) in [6.45, 7) is 8.53. The smallest absolute Gasteiger partial charge is 0.271 e. The first kappa shape index (κ1) is 24.5. The molecule has 0 aliphatic heterocycles. The fourth-order valence-electron chi connectivity index (χ4n) is 3.85. The zero-order valence-corrected chi connectivity index (χ0v) is 20.5. The molecule has 182 valence electrons. The first-order chi connectivity index (χ1) is 17.6. The van der Waals surface area contributed by atoms with Crippen LogP contribution >= 0.6 is 0 Å². The van der Waals surface area contributed by atoms with Crippen LogP contribution in [0.3, 0.4) is 0 Å². The minimum absolute atomic E-state index is 0.290. The van der Waals surface area contributed by atoms with E-state index in [-0.39, 0.29) is 5.91 Å². The normalized spacial score (nSPS) is 10.8. The molecule has 1 amide bonds. The van der Waals surface area contributed by atoms with E-state index in [0.29, 0.717) is 30.3 Å². The maximum atomic E-state index is 12.6. The molecular weight excluding hydrogens is 450 g/mol. The van der Waals surface area contributed by atoms with Gasteiger partial charge in [0.15, 0.2) is 11.5 Å². The first-order valence-corrected chi connectivity index (χ1v) is 11.8. The maximum Gasteiger partial charge on any atom is 0.271 e. The molecule has 4 rings (SSSR count). The molecular formula is C30H29N3O3. The number of aryl methyl sites for hydroxylation is 1. The number of amides is 1. The number of ether oxygens (including phenoxy) is 2. The third-order valence-corrected chi connectivity index (χ3v) is 5.54. The van der Waals surface area contributed by atoms with Crippen LogP contribution in [0.5, 0.6) is 11.5 Å². The number of rotatable bonds is 10. The number of hydrazone groups is 1. The Morgan fingerprint density at radius 2 is 1.75 bits per heavy atom. The summed E-state index contributed by atoms with van der Waals surface area (Å²) in [6, 6.07) is 27.4. The zero-order valence-electron chi connectivity index (χ0n) is 20.5. The number of nitrogens with zero attached hydrogens (tertiary/aromatic N) is 2. The van der Waals surface area contributed by atoms with E-state index in [4.69, 9.17) is 9.47 Å². The largest absolute Gasteiger partial charge is 0.490 e. The Bertz CT molecular complexity index is 1360. The maximum absolute atomic E-state index is 12.6. The highest BCUT2D eigenvalue weighted by Crippen LogP contribution is 2.28. The van der Waals surface area contributed by atoms with Gasteiger partial charge in [0.05, 0.1) is 18.5 Å². The van der Waals surface area contributed by atoms with Gasteiger partial charge in [-0.3, -0.25) is 4.79 Å². The second-order valence-corrected chi connectivity index (χ2v) is 8.05. The van der Waals surface area contributed by atoms with Crippen LogP contribution in [0.15, 0.2) is 103 Å². The highest BCUT2D eigenvalue weighted by atomic mass is 16.5. The van der Waals surface area contributed by atoms with Crippen LogP contribution in [0.2, 0.25) is 0 Å². The van der Waals surface area contributed by atoms with Crippen molar-refractivity contribution >= 4 is 12.1 Å². The molecule has 1 N–H and O–H groups in total. The van der Waals surface area contributed by atoms with Crippen LogP contribution in [-0.2, 0) is 0 Å². The molecule has 0 aliphatic carbocycles. The summed E-state index contributed by atoms with van der Waals surface area (Å²) in [5, 5.41) is 4.11. The molecule has 0 spiro atoms. The van der Waals surface area contributed by atoms with Crippen LogP contribution in [0, 0.1) is 6.92 Å². The van der Waals surface area contributed by atoms with Crippen LogP contribution < -0.4 is 14.9 Å². The number of carbonyl (C=O) groups is 1. The van der Waals surface area contributed by atoms with Crippen molar-refractivity contribution in [2.24, 2.45) is 5.10 Å². The number of nitrogens with one attached hydrogen (secondary N) is 1. The summed E-state index contributed by atoms with van der Waals surface area (Å²) < 4.78 is 13.4. The number of carbonyl (C=O) groups excluding carboxylic acids is 1. The van der Waals surface area contributed by atoms with Crippen molar-refractivity contribution in [1.29, 1.82) is 0 Å². The van der Waals surface area contributed by atoms with Crippen molar-refractivity contribution in [1.82, 2.24) is 9.99 Å². The topological polar surface area (TPSA) is 64.8 Å². The molecule has 1 heterocycles. The standard InChI is InChI=1S/C30H29N3O3/c1-4-19-36-28-18-12-23(20-29(28)35-5-2)21-31-32-30(34)25-13-15-26(16-14-25)33-22(3)11-17-27(33)24-9-7-6-8-10-24/h4,6-18,20-21H,1,5,19H2,2-3H3,(H,32,34)/b31-21+. The number of aromatic nitrogens is 1. The Morgan fingerprint density at radius 1 is 0.972 bits per heavy atom. The fraction of sp³-hybridized carbons (Fsp3) is 0.133. The van der Waals surface area contributed by atoms with Gasteiger partial charge in [-0.1, -0.05) is 43.0 Å². The number of hydrogen-bond acceptors (Lipinski definition) is 4. The van der Waals surface area contributed by atoms with E-state index in [1.165, 1.54) is 0 Å². The Hall–Kier alpha value is -4.58. The van der Waals surface area contributed by atoms with Gasteiger partial charge in [0.2, 0.25) is 0 Å². The van der Waals surface area contributed by atoms with Gasteiger partial charge in [-0.2, -0.15) is 5.10 Å². The van der Waals surface area contributed by atoms with E-state index >= 15 is 0 Å². The quantitative estimate of drug-likeness (QED) is 0.168. The summed E-state index contributed by atoms with van der Waals surface area (Å²) in [5.41, 5.74) is 8.21. The summed E-state index contributed by atoms with van der Waals surface area (Å²) >= 11 is 0. The molecule has 3 aromatic carbocycles. The monoisotopic (exact) mass is 479 g/mol. The molecule has 6 nitrogen and oxygen atoms in total. The molecule has 6 heteroatoms. The zero-order chi connectivity index (χ0) is 25.3. The van der Waals surface area contributed by atoms with Crippen molar-refractivity contribution in [3.05, 3.63) is 114 Å². The van der Waals surface area contributed by atoms with Gasteiger partial charge < -0.3 is 14.0 Å². The van der Waals surface area contributed by atoms with Crippen molar-refractivity contribution in [2.45, 2.75) is 13.8 Å². The average molecular weight is 480 g/mol. The Balaban J connectivity index is 1.45. The summed E-state index contributed by atoms with van der Waals surface area (Å²) in [4.78, 5) is 12.6. The van der Waals surface area contributed by atoms with E-state index in [1.54, 1.807) is 24.4 Å². The lowest BCUT2D eigenvalue weighted by Gasteiger charge is -2.13. The van der Waals surface area contributed by atoms with Crippen molar-refractivity contribution in [3.63, 3.8) is 0 Å². The van der Waals surface area contributed by atoms with Gasteiger partial charge in [-0.25, -0.2) is 5.43 Å². The van der Waals surface area contributed by atoms with Crippen LogP contribution in [0.25, 0.3) is 16.9 Å². The lowest BCUT2D eigenvalue weighted by Crippen LogP contribution is -2.17. The van der Waals surface area contributed by atoms with Crippen LogP contribution in [0.4, 0.5) is 0 Å². The molecule has 0 fully saturated rings. The molecule has 0 unspecified atom stereocenters. The average Bonchev–Trinajstić information content (AvgIpc) is 3.30. The van der Waals surface area contributed by atoms with E-state index in [9.17, 15) is 4.79 Å². The highest BCUT2D eigenvalue weighted by molar-refractivity contribution is 5.95. The summed E-state index contributed by atoms with van der Waals surface area (Å²) in [5.74, 6) is 0.952. The molecule has 0 bridgehead atoms. The molecule has 1 aromatic heterocycles. The van der Waals surface area contributed by atoms with Gasteiger partial charge in [-0.15, -0.1) is 0 Å². The summed E-state index contributed by atoms with van der Waals surface area (Å²) in [6.07, 6.45) is 3.25. The Kier molecular flexibility index (Phi) is 7.98. The Labute approximate surface area is 211 Å². The molecule has 0 saturated carbocycles. The van der Waals surface area contributed by atoms with Gasteiger partial charge in [0.1, 0.15) is 6.61 Å². The molecule has 4 aromatic rings. The second kappa shape index (κ2) is 11.7. The number of hydrogen-bond donors (Lipinski definition) is 1. The highest BCUT2D eigenvalue weighted by Gasteiger charge is 2.11.